The van der Waals surface area contributed by atoms with Crippen LogP contribution in [0.2, 0.25) is 0 Å². The Bertz CT molecular complexity index is 836. The van der Waals surface area contributed by atoms with Crippen molar-refractivity contribution in [1.29, 1.82) is 0 Å². The maximum atomic E-state index is 12.5. The number of ether oxygens (including phenoxy) is 2. The molecule has 1 saturated heterocycles. The van der Waals surface area contributed by atoms with Gasteiger partial charge in [-0.2, -0.15) is 0 Å². The molecule has 4 rings (SSSR count). The fourth-order valence-corrected chi connectivity index (χ4v) is 6.87. The highest BCUT2D eigenvalue weighted by Crippen LogP contribution is 2.62. The number of carbonyl (C=O) groups is 1. The van der Waals surface area contributed by atoms with E-state index in [0.29, 0.717) is 30.4 Å². The van der Waals surface area contributed by atoms with Crippen molar-refractivity contribution in [2.75, 3.05) is 13.2 Å². The van der Waals surface area contributed by atoms with E-state index in [1.54, 1.807) is 0 Å². The molecule has 0 bridgehead atoms. The van der Waals surface area contributed by atoms with Gasteiger partial charge in [0.05, 0.1) is 24.9 Å². The summed E-state index contributed by atoms with van der Waals surface area (Å²) in [6, 6.07) is 9.97. The lowest BCUT2D eigenvalue weighted by molar-refractivity contribution is -0.170. The van der Waals surface area contributed by atoms with Gasteiger partial charge in [0.15, 0.2) is 0 Å². The molecular weight excluding hydrogens is 404 g/mol. The highest BCUT2D eigenvalue weighted by atomic mass is 16.6. The SMILES string of the molecule is CC1CCC2[C@](C)(CO)[C@H](O)CC[C@]2(C)[C@H]1C/C=C1/C(=O)OC[C@H]1OCc1ccccc1. The Morgan fingerprint density at radius 1 is 1.19 bits per heavy atom. The largest absolute Gasteiger partial charge is 0.459 e. The van der Waals surface area contributed by atoms with Gasteiger partial charge in [-0.05, 0) is 54.4 Å². The van der Waals surface area contributed by atoms with Crippen molar-refractivity contribution in [3.63, 3.8) is 0 Å². The Morgan fingerprint density at radius 2 is 1.94 bits per heavy atom. The normalized spacial score (nSPS) is 40.8. The molecule has 1 heterocycles. The summed E-state index contributed by atoms with van der Waals surface area (Å²) in [5.41, 5.74) is 1.27. The molecule has 1 aliphatic heterocycles. The molecule has 5 heteroatoms. The number of esters is 1. The van der Waals surface area contributed by atoms with Crippen LogP contribution >= 0.6 is 0 Å². The monoisotopic (exact) mass is 442 g/mol. The first-order valence-corrected chi connectivity index (χ1v) is 12.1. The number of rotatable bonds is 6. The third-order valence-corrected chi connectivity index (χ3v) is 8.93. The van der Waals surface area contributed by atoms with Crippen molar-refractivity contribution in [3.8, 4) is 0 Å². The minimum Gasteiger partial charge on any atom is -0.459 e. The van der Waals surface area contributed by atoms with Crippen molar-refractivity contribution < 1.29 is 24.5 Å². The molecule has 3 fully saturated rings. The topological polar surface area (TPSA) is 76.0 Å². The number of allylic oxidation sites excluding steroid dienone is 1. The van der Waals surface area contributed by atoms with Gasteiger partial charge in [-0.15, -0.1) is 0 Å². The summed E-state index contributed by atoms with van der Waals surface area (Å²) < 4.78 is 11.4. The van der Waals surface area contributed by atoms with Crippen molar-refractivity contribution in [2.45, 2.75) is 71.7 Å². The van der Waals surface area contributed by atoms with Crippen LogP contribution in [0.4, 0.5) is 0 Å². The van der Waals surface area contributed by atoms with Crippen LogP contribution < -0.4 is 0 Å². The second kappa shape index (κ2) is 9.28. The summed E-state index contributed by atoms with van der Waals surface area (Å²) in [6.45, 7) is 7.43. The van der Waals surface area contributed by atoms with Gasteiger partial charge in [-0.25, -0.2) is 4.79 Å². The van der Waals surface area contributed by atoms with Crippen molar-refractivity contribution >= 4 is 5.97 Å². The van der Waals surface area contributed by atoms with Gasteiger partial charge in [0.2, 0.25) is 0 Å². The molecule has 5 nitrogen and oxygen atoms in total. The maximum Gasteiger partial charge on any atom is 0.336 e. The summed E-state index contributed by atoms with van der Waals surface area (Å²) in [7, 11) is 0. The molecule has 2 unspecified atom stereocenters. The second-order valence-corrected chi connectivity index (χ2v) is 10.7. The van der Waals surface area contributed by atoms with Crippen molar-refractivity contribution in [3.05, 3.63) is 47.5 Å². The first kappa shape index (κ1) is 23.5. The highest BCUT2D eigenvalue weighted by molar-refractivity contribution is 5.91. The molecule has 2 saturated carbocycles. The minimum absolute atomic E-state index is 0.0122. The van der Waals surface area contributed by atoms with E-state index in [4.69, 9.17) is 9.47 Å². The van der Waals surface area contributed by atoms with Crippen LogP contribution in [0.3, 0.4) is 0 Å². The van der Waals surface area contributed by atoms with Crippen LogP contribution in [0.1, 0.15) is 58.4 Å². The maximum absolute atomic E-state index is 12.5. The molecule has 2 N–H and O–H groups in total. The number of hydrogen-bond donors (Lipinski definition) is 2. The van der Waals surface area contributed by atoms with Gasteiger partial charge >= 0.3 is 5.97 Å². The summed E-state index contributed by atoms with van der Waals surface area (Å²) in [5.74, 6) is 0.902. The molecule has 0 amide bonds. The standard InChI is InChI=1S/C27H38O5/c1-18-9-12-23-26(2,14-13-24(29)27(23,3)17-28)21(18)11-10-20-22(16-32-25(20)30)31-15-19-7-5-4-6-8-19/h4-8,10,18,21-24,28-29H,9,11-17H2,1-3H3/b20-10+/t18?,21-,22+,23?,24+,26+,27-/m0/s1. The van der Waals surface area contributed by atoms with E-state index in [2.05, 4.69) is 19.9 Å². The van der Waals surface area contributed by atoms with E-state index >= 15 is 0 Å². The second-order valence-electron chi connectivity index (χ2n) is 10.7. The average molecular weight is 443 g/mol. The zero-order valence-electron chi connectivity index (χ0n) is 19.6. The van der Waals surface area contributed by atoms with E-state index in [9.17, 15) is 15.0 Å². The average Bonchev–Trinajstić information content (AvgIpc) is 3.14. The molecule has 1 aromatic carbocycles. The lowest BCUT2D eigenvalue weighted by Gasteiger charge is -2.61. The summed E-state index contributed by atoms with van der Waals surface area (Å²) >= 11 is 0. The molecule has 1 aromatic rings. The molecule has 0 spiro atoms. The lowest BCUT2D eigenvalue weighted by atomic mass is 9.45. The van der Waals surface area contributed by atoms with Gasteiger partial charge in [-0.1, -0.05) is 63.6 Å². The molecule has 2 aliphatic carbocycles. The number of carbonyl (C=O) groups excluding carboxylic acids is 1. The fraction of sp³-hybridized carbons (Fsp3) is 0.667. The number of benzene rings is 1. The first-order valence-electron chi connectivity index (χ1n) is 12.1. The van der Waals surface area contributed by atoms with Gasteiger partial charge < -0.3 is 19.7 Å². The van der Waals surface area contributed by atoms with E-state index in [-0.39, 0.29) is 36.6 Å². The Morgan fingerprint density at radius 3 is 2.66 bits per heavy atom. The molecule has 32 heavy (non-hydrogen) atoms. The Labute approximate surface area is 191 Å². The predicted molar refractivity (Wildman–Crippen MR) is 123 cm³/mol. The number of aliphatic hydroxyl groups is 2. The number of hydrogen-bond acceptors (Lipinski definition) is 5. The van der Waals surface area contributed by atoms with E-state index in [1.807, 2.05) is 37.3 Å². The summed E-state index contributed by atoms with van der Waals surface area (Å²) in [6.07, 6.45) is 5.83. The Kier molecular flexibility index (Phi) is 6.81. The lowest BCUT2D eigenvalue weighted by Crippen LogP contribution is -2.58. The molecule has 0 radical (unpaired) electrons. The summed E-state index contributed by atoms with van der Waals surface area (Å²) in [4.78, 5) is 12.5. The third-order valence-electron chi connectivity index (χ3n) is 8.93. The minimum atomic E-state index is -0.466. The van der Waals surface area contributed by atoms with Crippen LogP contribution in [-0.2, 0) is 20.9 Å². The van der Waals surface area contributed by atoms with E-state index < -0.39 is 11.5 Å². The predicted octanol–water partition coefficient (Wildman–Crippen LogP) is 4.27. The number of cyclic esters (lactones) is 1. The Hall–Kier alpha value is -1.69. The van der Waals surface area contributed by atoms with Gasteiger partial charge in [0, 0.05) is 5.41 Å². The van der Waals surface area contributed by atoms with Crippen molar-refractivity contribution in [2.24, 2.45) is 28.6 Å². The van der Waals surface area contributed by atoms with Gasteiger partial charge in [0.25, 0.3) is 0 Å². The van der Waals surface area contributed by atoms with E-state index in [1.165, 1.54) is 0 Å². The molecule has 0 aromatic heterocycles. The van der Waals surface area contributed by atoms with Crippen LogP contribution in [0.5, 0.6) is 0 Å². The first-order chi connectivity index (χ1) is 15.3. The third kappa shape index (κ3) is 4.15. The summed E-state index contributed by atoms with van der Waals surface area (Å²) in [5, 5.41) is 20.9. The molecular formula is C27H38O5. The van der Waals surface area contributed by atoms with Crippen LogP contribution in [-0.4, -0.2) is 41.6 Å². The van der Waals surface area contributed by atoms with Crippen LogP contribution in [0.25, 0.3) is 0 Å². The zero-order valence-corrected chi connectivity index (χ0v) is 19.6. The van der Waals surface area contributed by atoms with Gasteiger partial charge in [0.1, 0.15) is 12.7 Å². The fourth-order valence-electron chi connectivity index (χ4n) is 6.87. The quantitative estimate of drug-likeness (QED) is 0.508. The van der Waals surface area contributed by atoms with Crippen molar-refractivity contribution in [1.82, 2.24) is 0 Å². The smallest absolute Gasteiger partial charge is 0.336 e. The van der Waals surface area contributed by atoms with E-state index in [0.717, 1.165) is 31.2 Å². The Balaban J connectivity index is 1.51. The zero-order chi connectivity index (χ0) is 22.9. The molecule has 7 atom stereocenters. The van der Waals surface area contributed by atoms with Crippen LogP contribution in [0.15, 0.2) is 42.0 Å². The highest BCUT2D eigenvalue weighted by Gasteiger charge is 2.58. The number of fused-ring (bicyclic) bond motifs is 1. The van der Waals surface area contributed by atoms with Crippen LogP contribution in [0, 0.1) is 28.6 Å². The molecule has 176 valence electrons. The number of aliphatic hydroxyl groups excluding tert-OH is 2. The van der Waals surface area contributed by atoms with Gasteiger partial charge in [-0.3, -0.25) is 0 Å². The molecule has 3 aliphatic rings.